The van der Waals surface area contributed by atoms with Crippen LogP contribution >= 0.6 is 11.3 Å². The summed E-state index contributed by atoms with van der Waals surface area (Å²) in [6.07, 6.45) is 0.764. The van der Waals surface area contributed by atoms with Crippen molar-refractivity contribution in [2.75, 3.05) is 6.26 Å². The van der Waals surface area contributed by atoms with Crippen molar-refractivity contribution >= 4 is 21.2 Å². The second-order valence-electron chi connectivity index (χ2n) is 5.25. The van der Waals surface area contributed by atoms with Gasteiger partial charge in [0.1, 0.15) is 27.9 Å². The number of thiazole rings is 1. The zero-order chi connectivity index (χ0) is 18.4. The predicted molar refractivity (Wildman–Crippen MR) is 85.6 cm³/mol. The van der Waals surface area contributed by atoms with Crippen LogP contribution in [0.2, 0.25) is 0 Å². The predicted octanol–water partition coefficient (Wildman–Crippen LogP) is 3.92. The fourth-order valence-corrected chi connectivity index (χ4v) is 3.67. The van der Waals surface area contributed by atoms with E-state index < -0.39 is 33.0 Å². The molecule has 132 valence electrons. The molecule has 0 atom stereocenters. The van der Waals surface area contributed by atoms with Gasteiger partial charge in [0.25, 0.3) is 0 Å². The smallest absolute Gasteiger partial charge is 0.178 e. The van der Waals surface area contributed by atoms with Crippen molar-refractivity contribution in [2.45, 2.75) is 18.5 Å². The second-order valence-corrected chi connectivity index (χ2v) is 8.30. The molecule has 0 unspecified atom stereocenters. The molecule has 2 heterocycles. The quantitative estimate of drug-likeness (QED) is 0.677. The number of hydrogen-bond donors (Lipinski definition) is 0. The number of benzene rings is 1. The van der Waals surface area contributed by atoms with Crippen LogP contribution < -0.4 is 0 Å². The van der Waals surface area contributed by atoms with Gasteiger partial charge in [-0.25, -0.2) is 26.6 Å². The van der Waals surface area contributed by atoms with Crippen molar-refractivity contribution in [3.63, 3.8) is 0 Å². The maximum Gasteiger partial charge on any atom is 0.178 e. The molecule has 0 aliphatic rings. The van der Waals surface area contributed by atoms with E-state index in [1.807, 2.05) is 0 Å². The average Bonchev–Trinajstić information content (AvgIpc) is 3.13. The van der Waals surface area contributed by atoms with Gasteiger partial charge in [-0.2, -0.15) is 0 Å². The number of hydrogen-bond acceptors (Lipinski definition) is 6. The monoisotopic (exact) mass is 388 g/mol. The molecule has 2 aromatic heterocycles. The van der Waals surface area contributed by atoms with Crippen LogP contribution in [0, 0.1) is 18.6 Å². The number of nitrogens with zero attached hydrogens (tertiary/aromatic N) is 2. The molecular formula is C15H11F3N2O3S2. The third kappa shape index (κ3) is 3.19. The van der Waals surface area contributed by atoms with Gasteiger partial charge in [-0.3, -0.25) is 0 Å². The van der Waals surface area contributed by atoms with E-state index >= 15 is 0 Å². The lowest BCUT2D eigenvalue weighted by molar-refractivity contribution is 0.332. The maximum atomic E-state index is 14.5. The highest BCUT2D eigenvalue weighted by molar-refractivity contribution is 7.90. The van der Waals surface area contributed by atoms with Crippen LogP contribution in [0.4, 0.5) is 13.2 Å². The number of aromatic nitrogens is 2. The molecule has 5 nitrogen and oxygen atoms in total. The van der Waals surface area contributed by atoms with E-state index in [0.29, 0.717) is 22.8 Å². The normalized spacial score (nSPS) is 11.9. The van der Waals surface area contributed by atoms with Gasteiger partial charge < -0.3 is 4.52 Å². The molecule has 0 saturated heterocycles. The van der Waals surface area contributed by atoms with E-state index in [1.54, 1.807) is 12.3 Å². The molecule has 0 bridgehead atoms. The Morgan fingerprint density at radius 3 is 2.52 bits per heavy atom. The van der Waals surface area contributed by atoms with Gasteiger partial charge in [-0.05, 0) is 19.1 Å². The minimum atomic E-state index is -3.96. The molecular weight excluding hydrogens is 377 g/mol. The summed E-state index contributed by atoms with van der Waals surface area (Å²) in [6, 6.07) is 1.26. The first-order valence-corrected chi connectivity index (χ1v) is 9.66. The van der Waals surface area contributed by atoms with Crippen molar-refractivity contribution in [2.24, 2.45) is 0 Å². The van der Waals surface area contributed by atoms with E-state index in [2.05, 4.69) is 10.1 Å². The van der Waals surface area contributed by atoms with Crippen LogP contribution in [0.25, 0.3) is 22.5 Å². The van der Waals surface area contributed by atoms with Crippen molar-refractivity contribution in [3.05, 3.63) is 39.9 Å². The summed E-state index contributed by atoms with van der Waals surface area (Å²) < 4.78 is 69.8. The summed E-state index contributed by atoms with van der Waals surface area (Å²) in [5.74, 6) is -2.48. The summed E-state index contributed by atoms with van der Waals surface area (Å²) in [5.41, 5.74) is -0.0564. The lowest BCUT2D eigenvalue weighted by Gasteiger charge is -2.07. The summed E-state index contributed by atoms with van der Waals surface area (Å²) >= 11 is 1.30. The van der Waals surface area contributed by atoms with Gasteiger partial charge >= 0.3 is 0 Å². The van der Waals surface area contributed by atoms with Gasteiger partial charge in [0.05, 0.1) is 10.6 Å². The van der Waals surface area contributed by atoms with Gasteiger partial charge in [-0.1, -0.05) is 5.16 Å². The van der Waals surface area contributed by atoms with Crippen LogP contribution in [-0.2, 0) is 16.5 Å². The van der Waals surface area contributed by atoms with Crippen LogP contribution in [0.1, 0.15) is 10.8 Å². The first kappa shape index (κ1) is 17.6. The van der Waals surface area contributed by atoms with Crippen LogP contribution in [0.15, 0.2) is 26.9 Å². The minimum absolute atomic E-state index is 0.0578. The lowest BCUT2D eigenvalue weighted by Crippen LogP contribution is -2.03. The van der Waals surface area contributed by atoms with Crippen molar-refractivity contribution in [3.8, 4) is 22.5 Å². The highest BCUT2D eigenvalue weighted by Crippen LogP contribution is 2.38. The molecule has 3 aromatic rings. The first-order valence-electron chi connectivity index (χ1n) is 6.89. The number of aryl methyl sites for hydroxylation is 1. The highest BCUT2D eigenvalue weighted by atomic mass is 32.2. The third-order valence-corrected chi connectivity index (χ3v) is 5.32. The van der Waals surface area contributed by atoms with E-state index in [4.69, 9.17) is 4.52 Å². The van der Waals surface area contributed by atoms with Gasteiger partial charge in [0.2, 0.25) is 0 Å². The molecule has 3 rings (SSSR count). The molecule has 0 aliphatic carbocycles. The number of halogens is 3. The molecule has 0 aliphatic heterocycles. The SMILES string of the molecule is Cc1nc(-c2noc(CF)c2-c2cc(F)c(S(C)(=O)=O)cc2F)cs1. The van der Waals surface area contributed by atoms with E-state index in [1.165, 1.54) is 11.3 Å². The Kier molecular flexibility index (Phi) is 4.41. The molecule has 0 radical (unpaired) electrons. The van der Waals surface area contributed by atoms with Crippen LogP contribution in [0.3, 0.4) is 0 Å². The Bertz CT molecular complexity index is 1060. The maximum absolute atomic E-state index is 14.5. The van der Waals surface area contributed by atoms with E-state index in [9.17, 15) is 21.6 Å². The fourth-order valence-electron chi connectivity index (χ4n) is 2.34. The molecule has 0 fully saturated rings. The highest BCUT2D eigenvalue weighted by Gasteiger charge is 2.26. The Morgan fingerprint density at radius 1 is 1.24 bits per heavy atom. The van der Waals surface area contributed by atoms with Crippen LogP contribution in [0.5, 0.6) is 0 Å². The van der Waals surface area contributed by atoms with Gasteiger partial charge in [0, 0.05) is 17.2 Å². The summed E-state index contributed by atoms with van der Waals surface area (Å²) in [4.78, 5) is 3.41. The standard InChI is InChI=1S/C15H11F3N2O3S2/c1-7-19-11(6-24-7)15-14(12(5-16)23-20-15)8-3-10(18)13(4-9(8)17)25(2,21)22/h3-4,6H,5H2,1-2H3. The molecule has 1 aromatic carbocycles. The molecule has 0 N–H and O–H groups in total. The Balaban J connectivity index is 2.27. The molecule has 25 heavy (non-hydrogen) atoms. The Morgan fingerprint density at radius 2 is 1.96 bits per heavy atom. The molecule has 0 saturated carbocycles. The topological polar surface area (TPSA) is 73.1 Å². The Hall–Kier alpha value is -2.20. The van der Waals surface area contributed by atoms with Gasteiger partial charge in [0.15, 0.2) is 22.3 Å². The second kappa shape index (κ2) is 6.26. The van der Waals surface area contributed by atoms with Crippen LogP contribution in [-0.4, -0.2) is 24.8 Å². The zero-order valence-electron chi connectivity index (χ0n) is 13.0. The van der Waals surface area contributed by atoms with Crippen molar-refractivity contribution < 1.29 is 26.1 Å². The first-order chi connectivity index (χ1) is 11.7. The third-order valence-electron chi connectivity index (χ3n) is 3.44. The lowest BCUT2D eigenvalue weighted by atomic mass is 10.0. The van der Waals surface area contributed by atoms with Gasteiger partial charge in [-0.15, -0.1) is 11.3 Å². The molecule has 0 amide bonds. The van der Waals surface area contributed by atoms with Crippen molar-refractivity contribution in [1.82, 2.24) is 10.1 Å². The number of sulfone groups is 1. The van der Waals surface area contributed by atoms with E-state index in [0.717, 1.165) is 6.26 Å². The number of rotatable bonds is 4. The fraction of sp³-hybridized carbons (Fsp3) is 0.200. The summed E-state index contributed by atoms with van der Waals surface area (Å²) in [5, 5.41) is 6.03. The minimum Gasteiger partial charge on any atom is -0.357 e. The Labute approximate surface area is 145 Å². The molecule has 10 heteroatoms. The average molecular weight is 388 g/mol. The molecule has 0 spiro atoms. The van der Waals surface area contributed by atoms with E-state index in [-0.39, 0.29) is 22.6 Å². The van der Waals surface area contributed by atoms with Crippen molar-refractivity contribution in [1.29, 1.82) is 0 Å². The zero-order valence-corrected chi connectivity index (χ0v) is 14.6. The summed E-state index contributed by atoms with van der Waals surface area (Å²) in [7, 11) is -3.96. The largest absolute Gasteiger partial charge is 0.357 e. The summed E-state index contributed by atoms with van der Waals surface area (Å²) in [6.45, 7) is 0.644. The number of alkyl halides is 1.